The molecule has 0 unspecified atom stereocenters. The Labute approximate surface area is 120 Å². The normalized spacial score (nSPS) is 17.9. The van der Waals surface area contributed by atoms with Crippen molar-refractivity contribution in [1.82, 2.24) is 10.0 Å². The Morgan fingerprint density at radius 2 is 2.17 bits per heavy atom. The standard InChI is InChI=1S/C11H17BrN2O2S2/c1-11(3-4-11)7-14-18(15,16)9-5-8(6-13-2)17-10(9)12/h5,13-14H,3-4,6-7H2,1-2H3. The van der Waals surface area contributed by atoms with Crippen molar-refractivity contribution in [2.45, 2.75) is 31.2 Å². The summed E-state index contributed by atoms with van der Waals surface area (Å²) in [6.45, 7) is 3.31. The van der Waals surface area contributed by atoms with Crippen molar-refractivity contribution in [2.75, 3.05) is 13.6 Å². The zero-order chi connectivity index (χ0) is 13.4. The molecule has 0 spiro atoms. The van der Waals surface area contributed by atoms with Crippen molar-refractivity contribution in [1.29, 1.82) is 0 Å². The summed E-state index contributed by atoms with van der Waals surface area (Å²) in [5.41, 5.74) is 0.170. The van der Waals surface area contributed by atoms with Crippen molar-refractivity contribution in [2.24, 2.45) is 5.41 Å². The van der Waals surface area contributed by atoms with Crippen LogP contribution in [0.5, 0.6) is 0 Å². The molecule has 4 nitrogen and oxygen atoms in total. The smallest absolute Gasteiger partial charge is 0.242 e. The van der Waals surface area contributed by atoms with Crippen LogP contribution in [-0.2, 0) is 16.6 Å². The lowest BCUT2D eigenvalue weighted by molar-refractivity contribution is 0.530. The Bertz CT molecular complexity index is 535. The van der Waals surface area contributed by atoms with E-state index in [4.69, 9.17) is 0 Å². The minimum Gasteiger partial charge on any atom is -0.315 e. The van der Waals surface area contributed by atoms with Gasteiger partial charge in [0.25, 0.3) is 0 Å². The highest BCUT2D eigenvalue weighted by Crippen LogP contribution is 2.44. The average molecular weight is 353 g/mol. The third-order valence-electron chi connectivity index (χ3n) is 3.14. The minimum absolute atomic E-state index is 0.170. The van der Waals surface area contributed by atoms with E-state index in [-0.39, 0.29) is 5.41 Å². The fraction of sp³-hybridized carbons (Fsp3) is 0.636. The second-order valence-electron chi connectivity index (χ2n) is 5.02. The molecule has 0 atom stereocenters. The predicted molar refractivity (Wildman–Crippen MR) is 77.3 cm³/mol. The molecule has 1 aromatic rings. The molecule has 1 aromatic heterocycles. The fourth-order valence-electron chi connectivity index (χ4n) is 1.58. The molecular formula is C11H17BrN2O2S2. The molecule has 0 saturated heterocycles. The quantitative estimate of drug-likeness (QED) is 0.825. The highest BCUT2D eigenvalue weighted by Gasteiger charge is 2.38. The molecule has 0 aromatic carbocycles. The lowest BCUT2D eigenvalue weighted by Crippen LogP contribution is -2.29. The SMILES string of the molecule is CNCc1cc(S(=O)(=O)NCC2(C)CC2)c(Br)s1. The minimum atomic E-state index is -3.40. The molecule has 1 aliphatic carbocycles. The fourth-order valence-corrected chi connectivity index (χ4v) is 5.47. The third kappa shape index (κ3) is 3.33. The number of hydrogen-bond acceptors (Lipinski definition) is 4. The van der Waals surface area contributed by atoms with E-state index < -0.39 is 10.0 Å². The molecule has 0 radical (unpaired) electrons. The van der Waals surface area contributed by atoms with Gasteiger partial charge in [-0.15, -0.1) is 11.3 Å². The van der Waals surface area contributed by atoms with Crippen molar-refractivity contribution in [3.63, 3.8) is 0 Å². The summed E-state index contributed by atoms with van der Waals surface area (Å²) >= 11 is 4.78. The lowest BCUT2D eigenvalue weighted by Gasteiger charge is -2.10. The van der Waals surface area contributed by atoms with E-state index >= 15 is 0 Å². The first-order valence-corrected chi connectivity index (χ1v) is 8.88. The van der Waals surface area contributed by atoms with E-state index in [9.17, 15) is 8.42 Å². The molecule has 0 aliphatic heterocycles. The Morgan fingerprint density at radius 1 is 1.50 bits per heavy atom. The Hall–Kier alpha value is 0.0500. The van der Waals surface area contributed by atoms with Gasteiger partial charge in [0.1, 0.15) is 4.90 Å². The van der Waals surface area contributed by atoms with Gasteiger partial charge < -0.3 is 5.32 Å². The van der Waals surface area contributed by atoms with Gasteiger partial charge in [-0.3, -0.25) is 0 Å². The molecule has 18 heavy (non-hydrogen) atoms. The largest absolute Gasteiger partial charge is 0.315 e. The number of hydrogen-bond donors (Lipinski definition) is 2. The maximum Gasteiger partial charge on any atom is 0.242 e. The molecular weight excluding hydrogens is 336 g/mol. The number of thiophene rings is 1. The van der Waals surface area contributed by atoms with Gasteiger partial charge >= 0.3 is 0 Å². The van der Waals surface area contributed by atoms with Gasteiger partial charge in [-0.1, -0.05) is 6.92 Å². The van der Waals surface area contributed by atoms with Crippen LogP contribution in [0.25, 0.3) is 0 Å². The van der Waals surface area contributed by atoms with Gasteiger partial charge in [0.15, 0.2) is 0 Å². The van der Waals surface area contributed by atoms with Crippen LogP contribution in [0.15, 0.2) is 14.7 Å². The van der Waals surface area contributed by atoms with E-state index in [1.165, 1.54) is 11.3 Å². The molecule has 102 valence electrons. The van der Waals surface area contributed by atoms with Crippen LogP contribution < -0.4 is 10.0 Å². The second-order valence-corrected chi connectivity index (χ2v) is 9.21. The summed E-state index contributed by atoms with van der Waals surface area (Å²) in [5.74, 6) is 0. The second kappa shape index (κ2) is 5.20. The molecule has 1 heterocycles. The highest BCUT2D eigenvalue weighted by atomic mass is 79.9. The van der Waals surface area contributed by atoms with E-state index in [0.29, 0.717) is 21.8 Å². The molecule has 0 amide bonds. The average Bonchev–Trinajstić information content (AvgIpc) is 2.90. The lowest BCUT2D eigenvalue weighted by atomic mass is 10.2. The van der Waals surface area contributed by atoms with Crippen molar-refractivity contribution in [3.8, 4) is 0 Å². The first-order chi connectivity index (χ1) is 8.36. The summed E-state index contributed by atoms with van der Waals surface area (Å²) in [6, 6.07) is 1.73. The van der Waals surface area contributed by atoms with Crippen LogP contribution in [0.3, 0.4) is 0 Å². The van der Waals surface area contributed by atoms with Gasteiger partial charge in [0, 0.05) is 18.0 Å². The Kier molecular flexibility index (Phi) is 4.18. The molecule has 0 bridgehead atoms. The molecule has 1 saturated carbocycles. The van der Waals surface area contributed by atoms with Gasteiger partial charge in [0.05, 0.1) is 3.79 Å². The zero-order valence-corrected chi connectivity index (χ0v) is 13.6. The first-order valence-electron chi connectivity index (χ1n) is 5.79. The van der Waals surface area contributed by atoms with Crippen LogP contribution in [0.1, 0.15) is 24.6 Å². The number of nitrogens with one attached hydrogen (secondary N) is 2. The molecule has 1 aliphatic rings. The van der Waals surface area contributed by atoms with Crippen molar-refractivity contribution < 1.29 is 8.42 Å². The van der Waals surface area contributed by atoms with E-state index in [0.717, 1.165) is 17.7 Å². The topological polar surface area (TPSA) is 58.2 Å². The predicted octanol–water partition coefficient (Wildman–Crippen LogP) is 2.31. The van der Waals surface area contributed by atoms with E-state index in [1.807, 2.05) is 7.05 Å². The molecule has 7 heteroatoms. The summed E-state index contributed by atoms with van der Waals surface area (Å²) in [6.07, 6.45) is 2.21. The number of sulfonamides is 1. The molecule has 1 fully saturated rings. The van der Waals surface area contributed by atoms with Crippen LogP contribution in [0.2, 0.25) is 0 Å². The molecule has 2 rings (SSSR count). The van der Waals surface area contributed by atoms with Gasteiger partial charge in [-0.05, 0) is 47.3 Å². The van der Waals surface area contributed by atoms with Crippen LogP contribution in [0.4, 0.5) is 0 Å². The maximum atomic E-state index is 12.2. The van der Waals surface area contributed by atoms with Gasteiger partial charge in [-0.25, -0.2) is 13.1 Å². The van der Waals surface area contributed by atoms with Crippen LogP contribution >= 0.6 is 27.3 Å². The van der Waals surface area contributed by atoms with Crippen molar-refractivity contribution >= 4 is 37.3 Å². The monoisotopic (exact) mass is 352 g/mol. The maximum absolute atomic E-state index is 12.2. The van der Waals surface area contributed by atoms with E-state index in [2.05, 4.69) is 32.9 Å². The summed E-state index contributed by atoms with van der Waals surface area (Å²) in [5, 5.41) is 3.02. The molecule has 2 N–H and O–H groups in total. The van der Waals surface area contributed by atoms with Crippen LogP contribution in [-0.4, -0.2) is 22.0 Å². The Morgan fingerprint density at radius 3 is 2.72 bits per heavy atom. The number of halogens is 1. The van der Waals surface area contributed by atoms with Crippen LogP contribution in [0, 0.1) is 5.41 Å². The van der Waals surface area contributed by atoms with Crippen molar-refractivity contribution in [3.05, 3.63) is 14.7 Å². The van der Waals surface area contributed by atoms with E-state index in [1.54, 1.807) is 6.07 Å². The first kappa shape index (κ1) is 14.5. The summed E-state index contributed by atoms with van der Waals surface area (Å²) < 4.78 is 27.8. The zero-order valence-electron chi connectivity index (χ0n) is 10.4. The summed E-state index contributed by atoms with van der Waals surface area (Å²) in [4.78, 5) is 1.35. The van der Waals surface area contributed by atoms with Gasteiger partial charge in [0.2, 0.25) is 10.0 Å². The number of rotatable bonds is 6. The third-order valence-corrected chi connectivity index (χ3v) is 6.79. The highest BCUT2D eigenvalue weighted by molar-refractivity contribution is 9.11. The van der Waals surface area contributed by atoms with Gasteiger partial charge in [-0.2, -0.15) is 0 Å². The summed E-state index contributed by atoms with van der Waals surface area (Å²) in [7, 11) is -1.55. The Balaban J connectivity index is 2.13.